The molecule has 0 unspecified atom stereocenters. The first-order chi connectivity index (χ1) is 24.1. The van der Waals surface area contributed by atoms with Crippen molar-refractivity contribution in [1.29, 1.82) is 0 Å². The van der Waals surface area contributed by atoms with Crippen LogP contribution in [0.3, 0.4) is 0 Å². The van der Waals surface area contributed by atoms with Crippen molar-refractivity contribution in [3.8, 4) is 22.6 Å². The number of rotatable bonds is 16. The number of amides is 1. The van der Waals surface area contributed by atoms with Gasteiger partial charge in [0.1, 0.15) is 22.9 Å². The molecule has 0 aliphatic heterocycles. The van der Waals surface area contributed by atoms with E-state index in [0.29, 0.717) is 42.1 Å². The summed E-state index contributed by atoms with van der Waals surface area (Å²) in [4.78, 5) is 58.3. The Morgan fingerprint density at radius 1 is 0.720 bits per heavy atom. The molecule has 12 heteroatoms. The van der Waals surface area contributed by atoms with E-state index in [1.807, 2.05) is 50.2 Å². The van der Waals surface area contributed by atoms with Crippen LogP contribution in [-0.4, -0.2) is 68.6 Å². The summed E-state index contributed by atoms with van der Waals surface area (Å²) in [6.45, 7) is 4.25. The molecule has 0 spiro atoms. The molecule has 0 aliphatic rings. The van der Waals surface area contributed by atoms with Crippen molar-refractivity contribution in [2.75, 3.05) is 40.3 Å². The lowest BCUT2D eigenvalue weighted by molar-refractivity contribution is -0.141. The number of carbonyl (C=O) groups is 4. The third-order valence-electron chi connectivity index (χ3n) is 8.38. The van der Waals surface area contributed by atoms with E-state index in [1.165, 1.54) is 28.4 Å². The lowest BCUT2D eigenvalue weighted by atomic mass is 9.91. The van der Waals surface area contributed by atoms with Crippen molar-refractivity contribution in [2.24, 2.45) is 0 Å². The molecule has 2 aromatic heterocycles. The van der Waals surface area contributed by atoms with Crippen molar-refractivity contribution in [1.82, 2.24) is 15.3 Å². The molecule has 12 nitrogen and oxygen atoms in total. The molecule has 50 heavy (non-hydrogen) atoms. The summed E-state index contributed by atoms with van der Waals surface area (Å²) in [5.74, 6) is -0.244. The first-order valence-electron chi connectivity index (χ1n) is 16.0. The van der Waals surface area contributed by atoms with Crippen LogP contribution < -0.4 is 20.1 Å². The molecule has 0 atom stereocenters. The van der Waals surface area contributed by atoms with E-state index in [1.54, 1.807) is 24.5 Å². The Hall–Kier alpha value is -5.62. The van der Waals surface area contributed by atoms with Crippen LogP contribution in [0.4, 0.5) is 5.69 Å². The fraction of sp³-hybridized carbons (Fsp3) is 0.316. The number of ketones is 1. The van der Waals surface area contributed by atoms with E-state index in [-0.39, 0.29) is 48.5 Å². The normalized spacial score (nSPS) is 10.7. The number of nitrogens with one attached hydrogen (secondary N) is 2. The average molecular weight is 683 g/mol. The molecule has 0 fully saturated rings. The molecule has 0 saturated heterocycles. The molecular weight excluding hydrogens is 640 g/mol. The second-order valence-corrected chi connectivity index (χ2v) is 11.5. The number of esters is 2. The minimum atomic E-state index is -0.395. The highest BCUT2D eigenvalue weighted by molar-refractivity contribution is 6.04. The van der Waals surface area contributed by atoms with Crippen LogP contribution in [0, 0.1) is 13.8 Å². The second-order valence-electron chi connectivity index (χ2n) is 11.5. The van der Waals surface area contributed by atoms with E-state index < -0.39 is 5.91 Å². The SMILES string of the molecule is COC(=O)CCCc1cnc(C(=O)Nc2cccc(-c3cccc(CC(=O)c4cc(OC)c(CNCC(=O)OC)cn4)c3C)c2C)cc1OC. The van der Waals surface area contributed by atoms with Gasteiger partial charge in [0.25, 0.3) is 5.91 Å². The summed E-state index contributed by atoms with van der Waals surface area (Å²) >= 11 is 0. The Morgan fingerprint density at radius 3 is 2.04 bits per heavy atom. The van der Waals surface area contributed by atoms with Crippen LogP contribution in [-0.2, 0) is 38.4 Å². The summed E-state index contributed by atoms with van der Waals surface area (Å²) in [6.07, 6.45) is 4.67. The molecule has 1 amide bonds. The Balaban J connectivity index is 1.49. The van der Waals surface area contributed by atoms with Gasteiger partial charge < -0.3 is 29.6 Å². The summed E-state index contributed by atoms with van der Waals surface area (Å²) < 4.78 is 20.3. The van der Waals surface area contributed by atoms with Gasteiger partial charge >= 0.3 is 11.9 Å². The number of anilines is 1. The van der Waals surface area contributed by atoms with Crippen LogP contribution in [0.5, 0.6) is 11.5 Å². The molecule has 2 aromatic carbocycles. The summed E-state index contributed by atoms with van der Waals surface area (Å²) in [7, 11) is 5.71. The first-order valence-corrected chi connectivity index (χ1v) is 16.0. The van der Waals surface area contributed by atoms with Crippen LogP contribution in [0.2, 0.25) is 0 Å². The number of ether oxygens (including phenoxy) is 4. The molecule has 0 saturated carbocycles. The predicted molar refractivity (Wildman–Crippen MR) is 188 cm³/mol. The lowest BCUT2D eigenvalue weighted by Gasteiger charge is -2.17. The highest BCUT2D eigenvalue weighted by Crippen LogP contribution is 2.33. The number of hydrogen-bond donors (Lipinski definition) is 2. The topological polar surface area (TPSA) is 155 Å². The van der Waals surface area contributed by atoms with Crippen LogP contribution in [0.15, 0.2) is 60.9 Å². The third kappa shape index (κ3) is 9.29. The van der Waals surface area contributed by atoms with E-state index in [4.69, 9.17) is 14.2 Å². The van der Waals surface area contributed by atoms with Gasteiger partial charge in [-0.2, -0.15) is 0 Å². The Bertz CT molecular complexity index is 1740. The number of aromatic nitrogens is 2. The van der Waals surface area contributed by atoms with Crippen molar-refractivity contribution in [2.45, 2.75) is 46.1 Å². The van der Waals surface area contributed by atoms with E-state index >= 15 is 0 Å². The molecule has 0 bridgehead atoms. The van der Waals surface area contributed by atoms with Gasteiger partial charge in [-0.05, 0) is 60.6 Å². The van der Waals surface area contributed by atoms with Gasteiger partial charge in [0.05, 0.1) is 35.0 Å². The Morgan fingerprint density at radius 2 is 1.34 bits per heavy atom. The van der Waals surface area contributed by atoms with E-state index in [9.17, 15) is 19.2 Å². The zero-order valence-corrected chi connectivity index (χ0v) is 29.2. The second kappa shape index (κ2) is 17.7. The van der Waals surface area contributed by atoms with Gasteiger partial charge in [-0.3, -0.25) is 29.1 Å². The molecular formula is C38H42N4O8. The van der Waals surface area contributed by atoms with Crippen LogP contribution >= 0.6 is 0 Å². The average Bonchev–Trinajstić information content (AvgIpc) is 3.13. The third-order valence-corrected chi connectivity index (χ3v) is 8.38. The highest BCUT2D eigenvalue weighted by atomic mass is 16.5. The molecule has 4 aromatic rings. The van der Waals surface area contributed by atoms with Crippen molar-refractivity contribution >= 4 is 29.3 Å². The first kappa shape index (κ1) is 37.2. The van der Waals surface area contributed by atoms with Gasteiger partial charge in [0.15, 0.2) is 5.78 Å². The van der Waals surface area contributed by atoms with Crippen LogP contribution in [0.25, 0.3) is 11.1 Å². The van der Waals surface area contributed by atoms with Gasteiger partial charge in [0.2, 0.25) is 0 Å². The summed E-state index contributed by atoms with van der Waals surface area (Å²) in [5.41, 5.74) is 7.02. The van der Waals surface area contributed by atoms with Gasteiger partial charge in [-0.1, -0.05) is 30.3 Å². The fourth-order valence-corrected chi connectivity index (χ4v) is 5.48. The zero-order valence-electron chi connectivity index (χ0n) is 29.2. The molecule has 4 rings (SSSR count). The number of methoxy groups -OCH3 is 4. The monoisotopic (exact) mass is 682 g/mol. The number of aryl methyl sites for hydroxylation is 1. The molecule has 262 valence electrons. The summed E-state index contributed by atoms with van der Waals surface area (Å²) in [6, 6.07) is 14.7. The standard InChI is InChI=1S/C38H42N4O8/c1-23-25(16-33(43)31-17-35(48-4)27(21-40-31)19-39-22-37(45)50-6)10-7-12-28(23)29-13-9-14-30(24(29)2)42-38(46)32-18-34(47-3)26(20-41-32)11-8-15-36(44)49-5/h7,9-10,12-14,17-18,20-21,39H,8,11,15-16,19,22H2,1-6H3,(H,42,46). The van der Waals surface area contributed by atoms with Gasteiger partial charge in [-0.25, -0.2) is 0 Å². The number of benzene rings is 2. The Labute approximate surface area is 291 Å². The lowest BCUT2D eigenvalue weighted by Crippen LogP contribution is -2.23. The molecule has 0 radical (unpaired) electrons. The smallest absolute Gasteiger partial charge is 0.319 e. The maximum absolute atomic E-state index is 13.4. The maximum Gasteiger partial charge on any atom is 0.319 e. The van der Waals surface area contributed by atoms with Gasteiger partial charge in [0, 0.05) is 60.7 Å². The fourth-order valence-electron chi connectivity index (χ4n) is 5.48. The van der Waals surface area contributed by atoms with E-state index in [2.05, 4.69) is 25.3 Å². The maximum atomic E-state index is 13.4. The van der Waals surface area contributed by atoms with Gasteiger partial charge in [-0.15, -0.1) is 0 Å². The number of pyridine rings is 2. The number of hydrogen-bond acceptors (Lipinski definition) is 11. The zero-order chi connectivity index (χ0) is 36.2. The quantitative estimate of drug-likeness (QED) is 0.118. The molecule has 0 aliphatic carbocycles. The van der Waals surface area contributed by atoms with Crippen molar-refractivity contribution < 1.29 is 38.1 Å². The minimum absolute atomic E-state index is 0.0345. The number of nitrogens with zero attached hydrogens (tertiary/aromatic N) is 2. The van der Waals surface area contributed by atoms with Crippen molar-refractivity contribution in [3.05, 3.63) is 100 Å². The largest absolute Gasteiger partial charge is 0.496 e. The summed E-state index contributed by atoms with van der Waals surface area (Å²) in [5, 5.41) is 5.94. The highest BCUT2D eigenvalue weighted by Gasteiger charge is 2.18. The van der Waals surface area contributed by atoms with Crippen molar-refractivity contribution in [3.63, 3.8) is 0 Å². The number of Topliss-reactive ketones (excluding diaryl/α,β-unsaturated/α-hetero) is 1. The van der Waals surface area contributed by atoms with E-state index in [0.717, 1.165) is 33.4 Å². The Kier molecular flexibility index (Phi) is 13.2. The number of carbonyl (C=O) groups excluding carboxylic acids is 4. The van der Waals surface area contributed by atoms with Crippen LogP contribution in [0.1, 0.15) is 61.6 Å². The molecule has 2 N–H and O–H groups in total. The minimum Gasteiger partial charge on any atom is -0.496 e. The molecule has 2 heterocycles. The predicted octanol–water partition coefficient (Wildman–Crippen LogP) is 5.21.